The molecule has 126 valence electrons. The molecule has 0 spiro atoms. The number of hydrogen-bond acceptors (Lipinski definition) is 4. The Balaban J connectivity index is 2.40. The van der Waals surface area contributed by atoms with Crippen LogP contribution in [-0.2, 0) is 4.74 Å². The van der Waals surface area contributed by atoms with Gasteiger partial charge in [-0.2, -0.15) is 0 Å². The Morgan fingerprint density at radius 3 is 2.71 bits per heavy atom. The van der Waals surface area contributed by atoms with E-state index in [4.69, 9.17) is 15.5 Å². The lowest BCUT2D eigenvalue weighted by Crippen LogP contribution is -2.15. The van der Waals surface area contributed by atoms with E-state index in [1.54, 1.807) is 26.3 Å². The minimum atomic E-state index is 0.183. The first-order valence-corrected chi connectivity index (χ1v) is 8.05. The van der Waals surface area contributed by atoms with E-state index in [-0.39, 0.29) is 5.92 Å². The summed E-state index contributed by atoms with van der Waals surface area (Å²) in [5.74, 6) is 0.767. The number of methoxy groups -OCH3 is 1. The molecule has 1 aromatic carbocycles. The molecule has 24 heavy (non-hydrogen) atoms. The van der Waals surface area contributed by atoms with Gasteiger partial charge in [-0.15, -0.1) is 0 Å². The number of ether oxygens (including phenoxy) is 1. The van der Waals surface area contributed by atoms with Crippen LogP contribution in [-0.4, -0.2) is 25.3 Å². The fraction of sp³-hybridized carbons (Fsp3) is 0.300. The van der Waals surface area contributed by atoms with Gasteiger partial charge in [0.05, 0.1) is 12.8 Å². The van der Waals surface area contributed by atoms with Crippen LogP contribution in [0.4, 0.5) is 0 Å². The van der Waals surface area contributed by atoms with Gasteiger partial charge < -0.3 is 10.5 Å². The van der Waals surface area contributed by atoms with E-state index >= 15 is 0 Å². The Bertz CT molecular complexity index is 712. The maximum atomic E-state index is 6.50. The number of benzene rings is 1. The average molecular weight is 323 g/mol. The van der Waals surface area contributed by atoms with Gasteiger partial charge in [-0.3, -0.25) is 4.99 Å². The maximum Gasteiger partial charge on any atom is 0.184 e. The third-order valence-corrected chi connectivity index (χ3v) is 4.23. The fourth-order valence-corrected chi connectivity index (χ4v) is 2.74. The van der Waals surface area contributed by atoms with Crippen LogP contribution in [0.3, 0.4) is 0 Å². The van der Waals surface area contributed by atoms with Crippen LogP contribution in [0.2, 0.25) is 0 Å². The number of hydrogen-bond donors (Lipinski definition) is 1. The van der Waals surface area contributed by atoms with Crippen molar-refractivity contribution in [2.45, 2.75) is 26.2 Å². The highest BCUT2D eigenvalue weighted by molar-refractivity contribution is 6.14. The molecule has 4 heteroatoms. The highest BCUT2D eigenvalue weighted by Crippen LogP contribution is 2.30. The van der Waals surface area contributed by atoms with E-state index in [0.29, 0.717) is 12.4 Å². The summed E-state index contributed by atoms with van der Waals surface area (Å²) in [6, 6.07) is 10.3. The van der Waals surface area contributed by atoms with Gasteiger partial charge >= 0.3 is 0 Å². The summed E-state index contributed by atoms with van der Waals surface area (Å²) in [5, 5.41) is 0. The predicted octanol–water partition coefficient (Wildman–Crippen LogP) is 3.98. The second-order valence-electron chi connectivity index (χ2n) is 5.70. The monoisotopic (exact) mass is 323 g/mol. The van der Waals surface area contributed by atoms with Gasteiger partial charge in [-0.1, -0.05) is 43.0 Å². The van der Waals surface area contributed by atoms with Crippen LogP contribution in [0.1, 0.15) is 31.7 Å². The van der Waals surface area contributed by atoms with E-state index in [9.17, 15) is 0 Å². The van der Waals surface area contributed by atoms with Crippen molar-refractivity contribution in [1.29, 1.82) is 0 Å². The Morgan fingerprint density at radius 1 is 1.38 bits per heavy atom. The summed E-state index contributed by atoms with van der Waals surface area (Å²) in [7, 11) is 1.59. The molecule has 1 unspecified atom stereocenters. The Hall–Kier alpha value is -2.62. The second kappa shape index (κ2) is 8.29. The minimum Gasteiger partial charge on any atom is -0.484 e. The van der Waals surface area contributed by atoms with Crippen molar-refractivity contribution >= 4 is 11.6 Å². The van der Waals surface area contributed by atoms with Gasteiger partial charge in [0.1, 0.15) is 0 Å². The number of nitrogens with two attached hydrogens (primary N) is 1. The SMILES string of the molecule is C=C/C(=C\N=C(C)OC)C1=NCCC(c2ccccc2)C(N)=C1C. The van der Waals surface area contributed by atoms with Gasteiger partial charge in [-0.25, -0.2) is 4.99 Å². The smallest absolute Gasteiger partial charge is 0.184 e. The van der Waals surface area contributed by atoms with Gasteiger partial charge in [0.2, 0.25) is 0 Å². The van der Waals surface area contributed by atoms with Crippen LogP contribution in [0.15, 0.2) is 76.0 Å². The Labute approximate surface area is 144 Å². The van der Waals surface area contributed by atoms with Gasteiger partial charge in [0.25, 0.3) is 0 Å². The quantitative estimate of drug-likeness (QED) is 0.517. The molecule has 0 saturated carbocycles. The number of aliphatic imine (C=N–C) groups is 2. The zero-order valence-corrected chi connectivity index (χ0v) is 14.6. The zero-order chi connectivity index (χ0) is 17.5. The molecule has 0 saturated heterocycles. The summed E-state index contributed by atoms with van der Waals surface area (Å²) < 4.78 is 5.07. The average Bonchev–Trinajstić information content (AvgIpc) is 2.76. The molecule has 1 aromatic rings. The van der Waals surface area contributed by atoms with Crippen molar-refractivity contribution in [2.75, 3.05) is 13.7 Å². The molecule has 2 rings (SSSR count). The fourth-order valence-electron chi connectivity index (χ4n) is 2.74. The maximum absolute atomic E-state index is 6.50. The topological polar surface area (TPSA) is 60.0 Å². The third kappa shape index (κ3) is 4.02. The van der Waals surface area contributed by atoms with Crippen molar-refractivity contribution in [3.05, 3.63) is 71.6 Å². The first kappa shape index (κ1) is 17.7. The second-order valence-corrected chi connectivity index (χ2v) is 5.70. The van der Waals surface area contributed by atoms with Crippen molar-refractivity contribution in [3.8, 4) is 0 Å². The van der Waals surface area contributed by atoms with E-state index < -0.39 is 0 Å². The molecule has 4 nitrogen and oxygen atoms in total. The number of allylic oxidation sites excluding steroid dienone is 4. The molecular formula is C20H25N3O. The zero-order valence-electron chi connectivity index (χ0n) is 14.6. The molecule has 0 bridgehead atoms. The van der Waals surface area contributed by atoms with Crippen molar-refractivity contribution in [1.82, 2.24) is 0 Å². The standard InChI is InChI=1S/C20H25N3O/c1-5-16(13-23-15(3)24-4)20-14(2)19(21)18(11-12-22-20)17-9-7-6-8-10-17/h5-10,13,18H,1,11-12,21H2,2-4H3/b16-13+,23-15?. The highest BCUT2D eigenvalue weighted by Gasteiger charge is 2.22. The van der Waals surface area contributed by atoms with Gasteiger partial charge in [0, 0.05) is 36.9 Å². The molecule has 1 aliphatic rings. The highest BCUT2D eigenvalue weighted by atomic mass is 16.5. The summed E-state index contributed by atoms with van der Waals surface area (Å²) >= 11 is 0. The lowest BCUT2D eigenvalue weighted by molar-refractivity contribution is 0.400. The van der Waals surface area contributed by atoms with Crippen LogP contribution >= 0.6 is 0 Å². The van der Waals surface area contributed by atoms with Crippen molar-refractivity contribution < 1.29 is 4.74 Å². The van der Waals surface area contributed by atoms with E-state index in [1.807, 2.05) is 25.1 Å². The molecule has 1 aliphatic heterocycles. The summed E-state index contributed by atoms with van der Waals surface area (Å²) in [5.41, 5.74) is 11.3. The lowest BCUT2D eigenvalue weighted by atomic mass is 9.89. The van der Waals surface area contributed by atoms with E-state index in [1.165, 1.54) is 5.56 Å². The molecule has 1 atom stereocenters. The van der Waals surface area contributed by atoms with Crippen LogP contribution < -0.4 is 5.73 Å². The normalized spacial score (nSPS) is 19.6. The predicted molar refractivity (Wildman–Crippen MR) is 101 cm³/mol. The first-order valence-electron chi connectivity index (χ1n) is 8.05. The van der Waals surface area contributed by atoms with E-state index in [2.05, 4.69) is 23.7 Å². The van der Waals surface area contributed by atoms with Crippen LogP contribution in [0, 0.1) is 0 Å². The lowest BCUT2D eigenvalue weighted by Gasteiger charge is -2.18. The molecule has 2 N–H and O–H groups in total. The van der Waals surface area contributed by atoms with Crippen LogP contribution in [0.5, 0.6) is 0 Å². The number of rotatable bonds is 4. The molecule has 0 aliphatic carbocycles. The van der Waals surface area contributed by atoms with Crippen LogP contribution in [0.25, 0.3) is 0 Å². The summed E-state index contributed by atoms with van der Waals surface area (Å²) in [6.45, 7) is 8.41. The molecule has 0 amide bonds. The largest absolute Gasteiger partial charge is 0.484 e. The number of nitrogens with zero attached hydrogens (tertiary/aromatic N) is 2. The molecular weight excluding hydrogens is 298 g/mol. The third-order valence-electron chi connectivity index (χ3n) is 4.23. The van der Waals surface area contributed by atoms with Crippen molar-refractivity contribution in [3.63, 3.8) is 0 Å². The minimum absolute atomic E-state index is 0.183. The van der Waals surface area contributed by atoms with Gasteiger partial charge in [0.15, 0.2) is 5.90 Å². The van der Waals surface area contributed by atoms with E-state index in [0.717, 1.165) is 29.0 Å². The molecule has 0 radical (unpaired) electrons. The molecule has 1 heterocycles. The Morgan fingerprint density at radius 2 is 2.08 bits per heavy atom. The van der Waals surface area contributed by atoms with Crippen molar-refractivity contribution in [2.24, 2.45) is 15.7 Å². The summed E-state index contributed by atoms with van der Waals surface area (Å²) in [6.07, 6.45) is 4.37. The Kier molecular flexibility index (Phi) is 6.13. The molecule has 0 fully saturated rings. The van der Waals surface area contributed by atoms with Gasteiger partial charge in [-0.05, 0) is 24.5 Å². The molecule has 0 aromatic heterocycles. The first-order chi connectivity index (χ1) is 11.6. The summed E-state index contributed by atoms with van der Waals surface area (Å²) in [4.78, 5) is 9.01.